The summed E-state index contributed by atoms with van der Waals surface area (Å²) in [5, 5.41) is 3.27. The molecule has 3 aromatic carbocycles. The number of aromatic amines is 1. The van der Waals surface area contributed by atoms with Crippen molar-refractivity contribution in [1.29, 1.82) is 0 Å². The molecule has 10 heteroatoms. The lowest BCUT2D eigenvalue weighted by atomic mass is 9.98. The van der Waals surface area contributed by atoms with Crippen LogP contribution in [0.2, 0.25) is 0 Å². The number of hydrogen-bond acceptors (Lipinski definition) is 7. The molecule has 1 amide bonds. The van der Waals surface area contributed by atoms with E-state index in [9.17, 15) is 14.4 Å². The topological polar surface area (TPSA) is 119 Å². The fourth-order valence-electron chi connectivity index (χ4n) is 5.77. The zero-order valence-electron chi connectivity index (χ0n) is 26.5. The number of fused-ring (bicyclic) bond motifs is 1. The molecule has 0 saturated carbocycles. The number of H-pyrrole nitrogens is 1. The van der Waals surface area contributed by atoms with E-state index in [0.29, 0.717) is 22.4 Å². The van der Waals surface area contributed by atoms with Crippen molar-refractivity contribution in [2.24, 2.45) is 7.05 Å². The minimum atomic E-state index is -0.417. The number of nitrogens with one attached hydrogen (secondary N) is 2. The largest absolute Gasteiger partial charge is 0.493 e. The fraction of sp³-hybridized carbons (Fsp3) is 0.216. The van der Waals surface area contributed by atoms with E-state index in [4.69, 9.17) is 13.9 Å². The lowest BCUT2D eigenvalue weighted by Gasteiger charge is -2.29. The standard InChI is InChI=1S/C37H36N4O6/c1-40-32(19-26-13-16-47-23-26)36(43)39-31(37(40)44)18-25-5-4-6-28(17-25)35(42)38-30-9-7-24(8-10-30)11-14-41-15-12-27-20-33(45-2)34(46-3)21-29(27)22-41/h4-10,13,16-21,23H,11-12,14-15,22H2,1-3H3,(H,38,42)(H,39,43)/b31-18-,32-19-. The Morgan fingerprint density at radius 3 is 2.45 bits per heavy atom. The molecule has 0 aliphatic carbocycles. The number of carbonyl (C=O) groups excluding carboxylic acids is 1. The van der Waals surface area contributed by atoms with Gasteiger partial charge >= 0.3 is 0 Å². The maximum atomic E-state index is 13.1. The van der Waals surface area contributed by atoms with Gasteiger partial charge in [0.25, 0.3) is 17.0 Å². The fourth-order valence-corrected chi connectivity index (χ4v) is 5.77. The van der Waals surface area contributed by atoms with Gasteiger partial charge in [-0.3, -0.25) is 19.3 Å². The number of ether oxygens (including phenoxy) is 2. The summed E-state index contributed by atoms with van der Waals surface area (Å²) in [6, 6.07) is 20.6. The highest BCUT2D eigenvalue weighted by atomic mass is 16.5. The quantitative estimate of drug-likeness (QED) is 0.256. The van der Waals surface area contributed by atoms with E-state index in [0.717, 1.165) is 44.0 Å². The van der Waals surface area contributed by atoms with E-state index in [2.05, 4.69) is 27.3 Å². The average molecular weight is 633 g/mol. The van der Waals surface area contributed by atoms with Crippen LogP contribution >= 0.6 is 0 Å². The number of anilines is 1. The van der Waals surface area contributed by atoms with Crippen molar-refractivity contribution < 1.29 is 18.7 Å². The van der Waals surface area contributed by atoms with Gasteiger partial charge in [-0.15, -0.1) is 0 Å². The van der Waals surface area contributed by atoms with Gasteiger partial charge in [0.05, 0.1) is 26.7 Å². The smallest absolute Gasteiger partial charge is 0.274 e. The number of methoxy groups -OCH3 is 2. The van der Waals surface area contributed by atoms with Crippen molar-refractivity contribution in [3.63, 3.8) is 0 Å². The highest BCUT2D eigenvalue weighted by molar-refractivity contribution is 6.04. The molecule has 0 unspecified atom stereocenters. The van der Waals surface area contributed by atoms with Crippen LogP contribution in [0.4, 0.5) is 5.69 Å². The normalized spacial score (nSPS) is 13.8. The zero-order chi connectivity index (χ0) is 32.9. The lowest BCUT2D eigenvalue weighted by Crippen LogP contribution is -2.52. The van der Waals surface area contributed by atoms with Gasteiger partial charge in [-0.05, 0) is 89.7 Å². The molecule has 0 bridgehead atoms. The van der Waals surface area contributed by atoms with Crippen molar-refractivity contribution >= 4 is 23.7 Å². The second-order valence-electron chi connectivity index (χ2n) is 11.5. The lowest BCUT2D eigenvalue weighted by molar-refractivity contribution is 0.102. The molecule has 47 heavy (non-hydrogen) atoms. The third kappa shape index (κ3) is 7.13. The molecular formula is C37H36N4O6. The monoisotopic (exact) mass is 632 g/mol. The molecule has 240 valence electrons. The van der Waals surface area contributed by atoms with Crippen LogP contribution in [0.1, 0.15) is 38.2 Å². The first kappa shape index (κ1) is 31.4. The van der Waals surface area contributed by atoms with Crippen molar-refractivity contribution in [1.82, 2.24) is 14.5 Å². The maximum absolute atomic E-state index is 13.1. The van der Waals surface area contributed by atoms with E-state index < -0.39 is 5.56 Å². The summed E-state index contributed by atoms with van der Waals surface area (Å²) in [7, 11) is 4.86. The van der Waals surface area contributed by atoms with Gasteiger partial charge in [0.15, 0.2) is 11.5 Å². The molecule has 0 atom stereocenters. The predicted molar refractivity (Wildman–Crippen MR) is 180 cm³/mol. The molecule has 0 radical (unpaired) electrons. The second kappa shape index (κ2) is 13.8. The van der Waals surface area contributed by atoms with E-state index in [1.54, 1.807) is 56.7 Å². The highest BCUT2D eigenvalue weighted by Crippen LogP contribution is 2.33. The molecule has 5 aromatic rings. The number of furan rings is 1. The van der Waals surface area contributed by atoms with Crippen molar-refractivity contribution in [2.75, 3.05) is 32.6 Å². The average Bonchev–Trinajstić information content (AvgIpc) is 3.61. The van der Waals surface area contributed by atoms with E-state index in [-0.39, 0.29) is 22.2 Å². The maximum Gasteiger partial charge on any atom is 0.274 e. The molecule has 0 fully saturated rings. The summed E-state index contributed by atoms with van der Waals surface area (Å²) in [5.74, 6) is 1.24. The van der Waals surface area contributed by atoms with Gasteiger partial charge in [-0.1, -0.05) is 24.3 Å². The first-order valence-electron chi connectivity index (χ1n) is 15.3. The minimum Gasteiger partial charge on any atom is -0.493 e. The Hall–Kier alpha value is -5.61. The van der Waals surface area contributed by atoms with Crippen LogP contribution < -0.4 is 36.6 Å². The summed E-state index contributed by atoms with van der Waals surface area (Å²) in [4.78, 5) is 44.0. The number of amides is 1. The van der Waals surface area contributed by atoms with Crippen molar-refractivity contribution in [3.05, 3.63) is 144 Å². The third-order valence-corrected chi connectivity index (χ3v) is 8.41. The van der Waals surface area contributed by atoms with Gasteiger partial charge in [0.2, 0.25) is 0 Å². The Balaban J connectivity index is 1.09. The second-order valence-corrected chi connectivity index (χ2v) is 11.5. The molecular weight excluding hydrogens is 596 g/mol. The molecule has 10 nitrogen and oxygen atoms in total. The van der Waals surface area contributed by atoms with Gasteiger partial charge in [0, 0.05) is 43.5 Å². The van der Waals surface area contributed by atoms with Crippen LogP contribution in [0, 0.1) is 0 Å². The molecule has 3 heterocycles. The summed E-state index contributed by atoms with van der Waals surface area (Å²) in [6.07, 6.45) is 7.97. The van der Waals surface area contributed by atoms with Gasteiger partial charge in [-0.25, -0.2) is 0 Å². The van der Waals surface area contributed by atoms with Gasteiger partial charge in [0.1, 0.15) is 10.7 Å². The van der Waals surface area contributed by atoms with Crippen LogP contribution in [-0.4, -0.2) is 47.7 Å². The number of aromatic nitrogens is 2. The van der Waals surface area contributed by atoms with E-state index >= 15 is 0 Å². The molecule has 1 aliphatic rings. The van der Waals surface area contributed by atoms with Gasteiger partial charge < -0.3 is 28.8 Å². The SMILES string of the molecule is COc1cc2c(cc1OC)CN(CCc1ccc(NC(=O)c3cccc(/C=c4\[nH]c(=O)/c(=C/c5ccoc5)n(C)c4=O)c3)cc1)CC2. The Kier molecular flexibility index (Phi) is 9.21. The number of hydrogen-bond donors (Lipinski definition) is 2. The van der Waals surface area contributed by atoms with Crippen molar-refractivity contribution in [2.45, 2.75) is 19.4 Å². The summed E-state index contributed by atoms with van der Waals surface area (Å²) in [6.45, 7) is 2.76. The first-order valence-corrected chi connectivity index (χ1v) is 15.3. The van der Waals surface area contributed by atoms with Crippen LogP contribution in [0.5, 0.6) is 11.5 Å². The number of carbonyl (C=O) groups is 1. The Labute approximate surface area is 271 Å². The van der Waals surface area contributed by atoms with Crippen molar-refractivity contribution in [3.8, 4) is 11.5 Å². The Morgan fingerprint density at radius 1 is 0.957 bits per heavy atom. The number of benzene rings is 3. The predicted octanol–water partition coefficient (Wildman–Crippen LogP) is 3.19. The van der Waals surface area contributed by atoms with Crippen LogP contribution in [0.15, 0.2) is 93.3 Å². The van der Waals surface area contributed by atoms with Crippen LogP contribution in [0.3, 0.4) is 0 Å². The van der Waals surface area contributed by atoms with Gasteiger partial charge in [-0.2, -0.15) is 0 Å². The summed E-state index contributed by atoms with van der Waals surface area (Å²) in [5.41, 5.74) is 5.34. The third-order valence-electron chi connectivity index (χ3n) is 8.41. The Bertz CT molecular complexity index is 2150. The molecule has 2 aromatic heterocycles. The minimum absolute atomic E-state index is 0.115. The molecule has 2 N–H and O–H groups in total. The Morgan fingerprint density at radius 2 is 1.72 bits per heavy atom. The summed E-state index contributed by atoms with van der Waals surface area (Å²) < 4.78 is 17.3. The highest BCUT2D eigenvalue weighted by Gasteiger charge is 2.19. The molecule has 0 saturated heterocycles. The number of rotatable bonds is 9. The molecule has 0 spiro atoms. The molecule has 1 aliphatic heterocycles. The van der Waals surface area contributed by atoms with Crippen LogP contribution in [0.25, 0.3) is 12.2 Å². The van der Waals surface area contributed by atoms with E-state index in [1.165, 1.54) is 40.8 Å². The zero-order valence-corrected chi connectivity index (χ0v) is 26.5. The number of nitrogens with zero attached hydrogens (tertiary/aromatic N) is 2. The first-order chi connectivity index (χ1) is 22.8. The van der Waals surface area contributed by atoms with E-state index in [1.807, 2.05) is 24.3 Å². The molecule has 6 rings (SSSR count). The van der Waals surface area contributed by atoms with Crippen LogP contribution in [-0.2, 0) is 26.4 Å². The summed E-state index contributed by atoms with van der Waals surface area (Å²) >= 11 is 0.